The topological polar surface area (TPSA) is 20.2 Å². The maximum absolute atomic E-state index is 9.76. The van der Waals surface area contributed by atoms with Crippen molar-refractivity contribution >= 4 is 0 Å². The number of aliphatic hydroxyl groups excluding tert-OH is 1. The summed E-state index contributed by atoms with van der Waals surface area (Å²) in [6.07, 6.45) is 4.35. The molecule has 12 heavy (non-hydrogen) atoms. The van der Waals surface area contributed by atoms with Crippen LogP contribution >= 0.6 is 0 Å². The van der Waals surface area contributed by atoms with Gasteiger partial charge in [-0.15, -0.1) is 0 Å². The van der Waals surface area contributed by atoms with Gasteiger partial charge in [0.05, 0.1) is 6.10 Å². The average Bonchev–Trinajstić information content (AvgIpc) is 1.87. The summed E-state index contributed by atoms with van der Waals surface area (Å²) >= 11 is 0. The summed E-state index contributed by atoms with van der Waals surface area (Å²) in [4.78, 5) is 0. The van der Waals surface area contributed by atoms with Gasteiger partial charge < -0.3 is 5.11 Å². The summed E-state index contributed by atoms with van der Waals surface area (Å²) in [5.74, 6) is 0. The van der Waals surface area contributed by atoms with Crippen molar-refractivity contribution in [2.24, 2.45) is 10.8 Å². The van der Waals surface area contributed by atoms with Gasteiger partial charge in [0.1, 0.15) is 0 Å². The molecule has 0 aliphatic heterocycles. The number of hydrogen-bond acceptors (Lipinski definition) is 1. The molecule has 0 aromatic heterocycles. The van der Waals surface area contributed by atoms with Crippen molar-refractivity contribution in [2.45, 2.75) is 59.5 Å². The van der Waals surface area contributed by atoms with Gasteiger partial charge in [-0.1, -0.05) is 27.7 Å². The average molecular weight is 170 g/mol. The maximum Gasteiger partial charge on any atom is 0.0550 e. The monoisotopic (exact) mass is 170 g/mol. The van der Waals surface area contributed by atoms with Crippen molar-refractivity contribution in [3.05, 3.63) is 0 Å². The van der Waals surface area contributed by atoms with Crippen LogP contribution in [0.4, 0.5) is 0 Å². The molecule has 1 aliphatic carbocycles. The molecule has 0 atom stereocenters. The first-order valence-corrected chi connectivity index (χ1v) is 4.99. The first-order valence-electron chi connectivity index (χ1n) is 4.99. The van der Waals surface area contributed by atoms with E-state index < -0.39 is 0 Å². The zero-order valence-electron chi connectivity index (χ0n) is 8.85. The third-order valence-corrected chi connectivity index (χ3v) is 3.05. The molecule has 1 saturated carbocycles. The molecule has 0 unspecified atom stereocenters. The van der Waals surface area contributed by atoms with Crippen molar-refractivity contribution in [1.29, 1.82) is 0 Å². The van der Waals surface area contributed by atoms with Gasteiger partial charge in [-0.05, 0) is 36.5 Å². The van der Waals surface area contributed by atoms with E-state index in [0.717, 1.165) is 12.8 Å². The predicted molar refractivity (Wildman–Crippen MR) is 52.0 cm³/mol. The molecule has 1 fully saturated rings. The van der Waals surface area contributed by atoms with E-state index >= 15 is 0 Å². The van der Waals surface area contributed by atoms with Crippen LogP contribution in [0.25, 0.3) is 0 Å². The fourth-order valence-corrected chi connectivity index (χ4v) is 2.23. The fourth-order valence-electron chi connectivity index (χ4n) is 2.23. The van der Waals surface area contributed by atoms with E-state index in [2.05, 4.69) is 27.7 Å². The first-order chi connectivity index (χ1) is 5.31. The summed E-state index contributed by atoms with van der Waals surface area (Å²) in [6, 6.07) is 0. The van der Waals surface area contributed by atoms with Crippen LogP contribution in [0.3, 0.4) is 0 Å². The Kier molecular flexibility index (Phi) is 2.53. The lowest BCUT2D eigenvalue weighted by Crippen LogP contribution is -2.19. The van der Waals surface area contributed by atoms with E-state index in [0.29, 0.717) is 10.8 Å². The van der Waals surface area contributed by atoms with E-state index in [1.807, 2.05) is 0 Å². The number of rotatable bonds is 0. The minimum absolute atomic E-state index is 0.0856. The van der Waals surface area contributed by atoms with E-state index in [9.17, 15) is 5.11 Å². The van der Waals surface area contributed by atoms with Gasteiger partial charge in [-0.3, -0.25) is 0 Å². The molecule has 0 aromatic carbocycles. The normalized spacial score (nSPS) is 29.8. The number of hydrogen-bond donors (Lipinski definition) is 1. The van der Waals surface area contributed by atoms with Crippen molar-refractivity contribution in [1.82, 2.24) is 0 Å². The molecule has 0 aromatic rings. The highest BCUT2D eigenvalue weighted by Gasteiger charge is 2.33. The van der Waals surface area contributed by atoms with Gasteiger partial charge in [0.15, 0.2) is 0 Å². The van der Waals surface area contributed by atoms with Crippen LogP contribution in [0.1, 0.15) is 53.4 Å². The molecule has 0 heterocycles. The lowest BCUT2D eigenvalue weighted by atomic mass is 9.81. The molecule has 0 radical (unpaired) electrons. The molecule has 1 aliphatic rings. The highest BCUT2D eigenvalue weighted by atomic mass is 16.3. The zero-order chi connectivity index (χ0) is 9.41. The molecule has 0 amide bonds. The molecule has 0 saturated heterocycles. The third-order valence-electron chi connectivity index (χ3n) is 3.05. The molecule has 1 rings (SSSR count). The van der Waals surface area contributed by atoms with E-state index in [4.69, 9.17) is 0 Å². The van der Waals surface area contributed by atoms with Gasteiger partial charge in [0.2, 0.25) is 0 Å². The van der Waals surface area contributed by atoms with E-state index in [1.165, 1.54) is 12.8 Å². The van der Waals surface area contributed by atoms with Crippen LogP contribution in [0.15, 0.2) is 0 Å². The van der Waals surface area contributed by atoms with Crippen LogP contribution in [-0.4, -0.2) is 11.2 Å². The standard InChI is InChI=1S/C11H22O/c1-10(2)5-6-11(3,4)8-9(12)7-10/h9,12H,5-8H2,1-4H3. The quantitative estimate of drug-likeness (QED) is 0.554. The minimum atomic E-state index is -0.0856. The molecular weight excluding hydrogens is 148 g/mol. The Bertz CT molecular complexity index is 140. The summed E-state index contributed by atoms with van der Waals surface area (Å²) in [5.41, 5.74) is 0.681. The Balaban J connectivity index is 2.66. The number of aliphatic hydroxyl groups is 1. The largest absolute Gasteiger partial charge is 0.393 e. The van der Waals surface area contributed by atoms with Crippen molar-refractivity contribution < 1.29 is 5.11 Å². The minimum Gasteiger partial charge on any atom is -0.393 e. The molecule has 0 spiro atoms. The van der Waals surface area contributed by atoms with Gasteiger partial charge in [0.25, 0.3) is 0 Å². The third kappa shape index (κ3) is 2.78. The molecule has 72 valence electrons. The fraction of sp³-hybridized carbons (Fsp3) is 1.00. The van der Waals surface area contributed by atoms with Gasteiger partial charge in [-0.2, -0.15) is 0 Å². The SMILES string of the molecule is CC1(C)CCC(C)(C)CC(O)C1. The summed E-state index contributed by atoms with van der Waals surface area (Å²) in [5, 5.41) is 9.76. The smallest absolute Gasteiger partial charge is 0.0550 e. The van der Waals surface area contributed by atoms with Crippen molar-refractivity contribution in [3.63, 3.8) is 0 Å². The first kappa shape index (κ1) is 10.0. The Hall–Kier alpha value is -0.0400. The lowest BCUT2D eigenvalue weighted by Gasteiger charge is -2.24. The molecule has 1 heteroatoms. The molecule has 1 N–H and O–H groups in total. The second-order valence-corrected chi connectivity index (χ2v) is 5.89. The highest BCUT2D eigenvalue weighted by Crippen LogP contribution is 2.41. The van der Waals surface area contributed by atoms with Crippen LogP contribution in [-0.2, 0) is 0 Å². The van der Waals surface area contributed by atoms with Crippen molar-refractivity contribution in [2.75, 3.05) is 0 Å². The molecular formula is C11H22O. The van der Waals surface area contributed by atoms with E-state index in [-0.39, 0.29) is 6.10 Å². The second kappa shape index (κ2) is 3.02. The van der Waals surface area contributed by atoms with E-state index in [1.54, 1.807) is 0 Å². The Morgan fingerprint density at radius 1 is 0.917 bits per heavy atom. The maximum atomic E-state index is 9.76. The van der Waals surface area contributed by atoms with Crippen LogP contribution in [0.5, 0.6) is 0 Å². The Labute approximate surface area is 76.2 Å². The molecule has 0 bridgehead atoms. The van der Waals surface area contributed by atoms with Gasteiger partial charge in [-0.25, -0.2) is 0 Å². The van der Waals surface area contributed by atoms with Crippen LogP contribution in [0.2, 0.25) is 0 Å². The van der Waals surface area contributed by atoms with Crippen molar-refractivity contribution in [3.8, 4) is 0 Å². The zero-order valence-corrected chi connectivity index (χ0v) is 8.85. The summed E-state index contributed by atoms with van der Waals surface area (Å²) < 4.78 is 0. The lowest BCUT2D eigenvalue weighted by molar-refractivity contribution is 0.0968. The second-order valence-electron chi connectivity index (χ2n) is 5.89. The van der Waals surface area contributed by atoms with Crippen LogP contribution in [0, 0.1) is 10.8 Å². The molecule has 1 nitrogen and oxygen atoms in total. The Morgan fingerprint density at radius 2 is 1.25 bits per heavy atom. The summed E-state index contributed by atoms with van der Waals surface area (Å²) in [7, 11) is 0. The Morgan fingerprint density at radius 3 is 1.58 bits per heavy atom. The van der Waals surface area contributed by atoms with Gasteiger partial charge in [0, 0.05) is 0 Å². The van der Waals surface area contributed by atoms with Gasteiger partial charge >= 0.3 is 0 Å². The summed E-state index contributed by atoms with van der Waals surface area (Å²) in [6.45, 7) is 9.05. The predicted octanol–water partition coefficient (Wildman–Crippen LogP) is 2.97. The van der Waals surface area contributed by atoms with Crippen LogP contribution < -0.4 is 0 Å². The highest BCUT2D eigenvalue weighted by molar-refractivity contribution is 4.84.